The largest absolute Gasteiger partial charge is 0.508 e. The molecule has 94 valence electrons. The minimum atomic E-state index is 0.316. The van der Waals surface area contributed by atoms with E-state index < -0.39 is 0 Å². The summed E-state index contributed by atoms with van der Waals surface area (Å²) in [6.45, 7) is 3.02. The van der Waals surface area contributed by atoms with Gasteiger partial charge in [-0.1, -0.05) is 49.4 Å². The molecule has 0 aromatic heterocycles. The summed E-state index contributed by atoms with van der Waals surface area (Å²) in [5, 5.41) is 12.8. The van der Waals surface area contributed by atoms with Crippen molar-refractivity contribution in [1.29, 1.82) is 0 Å². The fraction of sp³-hybridized carbons (Fsp3) is 0.250. The van der Waals surface area contributed by atoms with Gasteiger partial charge in [-0.3, -0.25) is 0 Å². The Bertz CT molecular complexity index is 464. The number of rotatable bonds is 5. The van der Waals surface area contributed by atoms with Crippen LogP contribution < -0.4 is 5.32 Å². The molecule has 0 heterocycles. The van der Waals surface area contributed by atoms with E-state index in [1.54, 1.807) is 12.1 Å². The average Bonchev–Trinajstić information content (AvgIpc) is 2.42. The van der Waals surface area contributed by atoms with E-state index in [2.05, 4.69) is 36.5 Å². The molecule has 0 fully saturated rings. The Hall–Kier alpha value is -1.80. The first-order chi connectivity index (χ1) is 8.79. The minimum Gasteiger partial charge on any atom is -0.508 e. The smallest absolute Gasteiger partial charge is 0.115 e. The van der Waals surface area contributed by atoms with Crippen molar-refractivity contribution in [3.8, 4) is 5.75 Å². The highest BCUT2D eigenvalue weighted by Crippen LogP contribution is 2.19. The third kappa shape index (κ3) is 3.34. The first-order valence-electron chi connectivity index (χ1n) is 6.36. The lowest BCUT2D eigenvalue weighted by molar-refractivity contribution is 0.473. The number of hydrogen-bond acceptors (Lipinski definition) is 2. The molecule has 0 aliphatic rings. The maximum absolute atomic E-state index is 9.30. The predicted molar refractivity (Wildman–Crippen MR) is 74.4 cm³/mol. The van der Waals surface area contributed by atoms with Crippen molar-refractivity contribution in [2.45, 2.75) is 25.9 Å². The van der Waals surface area contributed by atoms with Gasteiger partial charge in [-0.05, 0) is 29.7 Å². The fourth-order valence-corrected chi connectivity index (χ4v) is 2.04. The van der Waals surface area contributed by atoms with Gasteiger partial charge in [-0.15, -0.1) is 0 Å². The first kappa shape index (κ1) is 12.7. The summed E-state index contributed by atoms with van der Waals surface area (Å²) in [6.07, 6.45) is 1.03. The van der Waals surface area contributed by atoms with Gasteiger partial charge in [0.25, 0.3) is 0 Å². The van der Waals surface area contributed by atoms with Crippen LogP contribution in [0.1, 0.15) is 30.5 Å². The molecule has 18 heavy (non-hydrogen) atoms. The van der Waals surface area contributed by atoms with Crippen LogP contribution in [0.15, 0.2) is 54.6 Å². The van der Waals surface area contributed by atoms with Crippen LogP contribution in [-0.2, 0) is 6.54 Å². The van der Waals surface area contributed by atoms with Gasteiger partial charge in [0, 0.05) is 12.6 Å². The standard InChI is InChI=1S/C16H19NO/c1-2-16(14-8-10-15(18)11-9-14)17-12-13-6-4-3-5-7-13/h3-11,16-18H,2,12H2,1H3. The molecule has 2 heteroatoms. The van der Waals surface area contributed by atoms with E-state index in [0.29, 0.717) is 11.8 Å². The van der Waals surface area contributed by atoms with Gasteiger partial charge in [-0.25, -0.2) is 0 Å². The maximum atomic E-state index is 9.30. The summed E-state index contributed by atoms with van der Waals surface area (Å²) in [5.74, 6) is 0.316. The topological polar surface area (TPSA) is 32.3 Å². The molecule has 0 amide bonds. The van der Waals surface area contributed by atoms with Crippen molar-refractivity contribution in [3.63, 3.8) is 0 Å². The van der Waals surface area contributed by atoms with E-state index in [0.717, 1.165) is 13.0 Å². The van der Waals surface area contributed by atoms with Crippen LogP contribution in [0.5, 0.6) is 5.75 Å². The molecule has 0 saturated carbocycles. The van der Waals surface area contributed by atoms with Gasteiger partial charge in [0.05, 0.1) is 0 Å². The summed E-state index contributed by atoms with van der Waals surface area (Å²) in [7, 11) is 0. The second kappa shape index (κ2) is 6.22. The summed E-state index contributed by atoms with van der Waals surface area (Å²) in [5.41, 5.74) is 2.50. The number of aromatic hydroxyl groups is 1. The Labute approximate surface area is 108 Å². The Morgan fingerprint density at radius 3 is 2.28 bits per heavy atom. The van der Waals surface area contributed by atoms with Gasteiger partial charge >= 0.3 is 0 Å². The molecule has 0 bridgehead atoms. The van der Waals surface area contributed by atoms with Gasteiger partial charge in [0.15, 0.2) is 0 Å². The molecule has 0 spiro atoms. The van der Waals surface area contributed by atoms with E-state index in [1.165, 1.54) is 11.1 Å². The Kier molecular flexibility index (Phi) is 4.37. The molecule has 2 nitrogen and oxygen atoms in total. The SMILES string of the molecule is CCC(NCc1ccccc1)c1ccc(O)cc1. The predicted octanol–water partition coefficient (Wildman–Crippen LogP) is 3.63. The van der Waals surface area contributed by atoms with E-state index >= 15 is 0 Å². The van der Waals surface area contributed by atoms with Crippen LogP contribution in [0, 0.1) is 0 Å². The molecule has 0 saturated heterocycles. The molecule has 2 aromatic rings. The second-order valence-electron chi connectivity index (χ2n) is 4.42. The number of hydrogen-bond donors (Lipinski definition) is 2. The van der Waals surface area contributed by atoms with Crippen molar-refractivity contribution in [1.82, 2.24) is 5.32 Å². The average molecular weight is 241 g/mol. The molecular weight excluding hydrogens is 222 g/mol. The molecular formula is C16H19NO. The second-order valence-corrected chi connectivity index (χ2v) is 4.42. The van der Waals surface area contributed by atoms with Crippen molar-refractivity contribution in [2.24, 2.45) is 0 Å². The highest BCUT2D eigenvalue weighted by Gasteiger charge is 2.08. The molecule has 0 radical (unpaired) electrons. The minimum absolute atomic E-state index is 0.316. The van der Waals surface area contributed by atoms with Gasteiger partial charge in [0.1, 0.15) is 5.75 Å². The molecule has 2 aromatic carbocycles. The zero-order valence-electron chi connectivity index (χ0n) is 10.6. The van der Waals surface area contributed by atoms with Gasteiger partial charge in [0.2, 0.25) is 0 Å². The van der Waals surface area contributed by atoms with Crippen molar-refractivity contribution >= 4 is 0 Å². The molecule has 0 aliphatic heterocycles. The molecule has 1 atom stereocenters. The number of benzene rings is 2. The highest BCUT2D eigenvalue weighted by atomic mass is 16.3. The summed E-state index contributed by atoms with van der Waals surface area (Å²) < 4.78 is 0. The molecule has 1 unspecified atom stereocenters. The Balaban J connectivity index is 1.99. The molecule has 0 aliphatic carbocycles. The summed E-state index contributed by atoms with van der Waals surface area (Å²) >= 11 is 0. The van der Waals surface area contributed by atoms with E-state index in [9.17, 15) is 5.11 Å². The van der Waals surface area contributed by atoms with Crippen molar-refractivity contribution < 1.29 is 5.11 Å². The zero-order chi connectivity index (χ0) is 12.8. The van der Waals surface area contributed by atoms with Crippen LogP contribution in [0.25, 0.3) is 0 Å². The van der Waals surface area contributed by atoms with Crippen LogP contribution in [0.4, 0.5) is 0 Å². The van der Waals surface area contributed by atoms with E-state index in [1.807, 2.05) is 18.2 Å². The zero-order valence-corrected chi connectivity index (χ0v) is 10.6. The third-order valence-electron chi connectivity index (χ3n) is 3.10. The van der Waals surface area contributed by atoms with Crippen LogP contribution in [-0.4, -0.2) is 5.11 Å². The lowest BCUT2D eigenvalue weighted by Crippen LogP contribution is -2.20. The van der Waals surface area contributed by atoms with Crippen LogP contribution in [0.3, 0.4) is 0 Å². The van der Waals surface area contributed by atoms with Crippen molar-refractivity contribution in [2.75, 3.05) is 0 Å². The summed E-state index contributed by atoms with van der Waals surface area (Å²) in [6, 6.07) is 18.1. The fourth-order valence-electron chi connectivity index (χ4n) is 2.04. The Morgan fingerprint density at radius 2 is 1.67 bits per heavy atom. The quantitative estimate of drug-likeness (QED) is 0.837. The number of phenolic OH excluding ortho intramolecular Hbond substituents is 1. The highest BCUT2D eigenvalue weighted by molar-refractivity contribution is 5.28. The summed E-state index contributed by atoms with van der Waals surface area (Å²) in [4.78, 5) is 0. The third-order valence-corrected chi connectivity index (χ3v) is 3.10. The monoisotopic (exact) mass is 241 g/mol. The number of phenols is 1. The van der Waals surface area contributed by atoms with Crippen LogP contribution >= 0.6 is 0 Å². The Morgan fingerprint density at radius 1 is 1.00 bits per heavy atom. The van der Waals surface area contributed by atoms with Gasteiger partial charge < -0.3 is 10.4 Å². The maximum Gasteiger partial charge on any atom is 0.115 e. The first-order valence-corrected chi connectivity index (χ1v) is 6.36. The lowest BCUT2D eigenvalue weighted by atomic mass is 10.0. The number of nitrogens with one attached hydrogen (secondary N) is 1. The van der Waals surface area contributed by atoms with Crippen LogP contribution in [0.2, 0.25) is 0 Å². The van der Waals surface area contributed by atoms with Gasteiger partial charge in [-0.2, -0.15) is 0 Å². The molecule has 2 rings (SSSR count). The van der Waals surface area contributed by atoms with Crippen molar-refractivity contribution in [3.05, 3.63) is 65.7 Å². The normalized spacial score (nSPS) is 12.3. The lowest BCUT2D eigenvalue weighted by Gasteiger charge is -2.17. The molecule has 2 N–H and O–H groups in total. The van der Waals surface area contributed by atoms with E-state index in [-0.39, 0.29) is 0 Å². The van der Waals surface area contributed by atoms with E-state index in [4.69, 9.17) is 0 Å².